The molecule has 164 valence electrons. The molecule has 1 aromatic heterocycles. The van der Waals surface area contributed by atoms with Crippen LogP contribution in [0.4, 0.5) is 23.1 Å². The first-order valence-electron chi connectivity index (χ1n) is 10.1. The predicted molar refractivity (Wildman–Crippen MR) is 128 cm³/mol. The molecule has 9 heteroatoms. The highest BCUT2D eigenvalue weighted by molar-refractivity contribution is 5.85. The molecule has 0 amide bonds. The number of hydrogen-bond acceptors (Lipinski definition) is 7. The van der Waals surface area contributed by atoms with Gasteiger partial charge >= 0.3 is 0 Å². The number of nitrogen functional groups attached to an aromatic ring is 1. The van der Waals surface area contributed by atoms with E-state index in [1.54, 1.807) is 12.1 Å². The van der Waals surface area contributed by atoms with Gasteiger partial charge in [0.1, 0.15) is 11.9 Å². The van der Waals surface area contributed by atoms with Crippen LogP contribution >= 0.6 is 24.8 Å². The molecule has 0 bridgehead atoms. The summed E-state index contributed by atoms with van der Waals surface area (Å²) in [5.74, 6) is 1.52. The number of anilines is 4. The number of benzene rings is 1. The second-order valence-electron chi connectivity index (χ2n) is 7.17. The minimum absolute atomic E-state index is 0. The molecular formula is C21H31Cl2N7. The van der Waals surface area contributed by atoms with Crippen LogP contribution in [0.1, 0.15) is 44.4 Å². The van der Waals surface area contributed by atoms with Gasteiger partial charge in [-0.3, -0.25) is 0 Å². The zero-order chi connectivity index (χ0) is 19.9. The number of likely N-dealkylation sites (N-methyl/N-ethyl adjacent to an activating group) is 1. The van der Waals surface area contributed by atoms with Gasteiger partial charge in [-0.1, -0.05) is 20.3 Å². The number of aryl methyl sites for hydroxylation is 1. The largest absolute Gasteiger partial charge is 0.398 e. The monoisotopic (exact) mass is 451 g/mol. The highest BCUT2D eigenvalue weighted by Gasteiger charge is 2.23. The molecule has 1 aliphatic rings. The predicted octanol–water partition coefficient (Wildman–Crippen LogP) is 4.05. The van der Waals surface area contributed by atoms with Crippen molar-refractivity contribution < 1.29 is 0 Å². The van der Waals surface area contributed by atoms with Crippen molar-refractivity contribution in [1.82, 2.24) is 15.3 Å². The zero-order valence-electron chi connectivity index (χ0n) is 17.5. The molecule has 3 rings (SSSR count). The maximum Gasteiger partial charge on any atom is 0.229 e. The van der Waals surface area contributed by atoms with Crippen LogP contribution in [-0.4, -0.2) is 35.6 Å². The fourth-order valence-corrected chi connectivity index (χ4v) is 3.47. The van der Waals surface area contributed by atoms with Gasteiger partial charge in [0.2, 0.25) is 5.95 Å². The van der Waals surface area contributed by atoms with Crippen molar-refractivity contribution in [3.8, 4) is 6.07 Å². The van der Waals surface area contributed by atoms with Crippen molar-refractivity contribution in [2.45, 2.75) is 45.6 Å². The molecule has 1 fully saturated rings. The van der Waals surface area contributed by atoms with Crippen LogP contribution in [0, 0.1) is 11.3 Å². The molecule has 30 heavy (non-hydrogen) atoms. The van der Waals surface area contributed by atoms with E-state index in [-0.39, 0.29) is 24.8 Å². The van der Waals surface area contributed by atoms with E-state index in [0.29, 0.717) is 23.2 Å². The first-order valence-corrected chi connectivity index (χ1v) is 10.1. The molecule has 0 unspecified atom stereocenters. The van der Waals surface area contributed by atoms with E-state index in [1.165, 1.54) is 0 Å². The molecule has 2 aromatic rings. The summed E-state index contributed by atoms with van der Waals surface area (Å²) in [5.41, 5.74) is 8.54. The second kappa shape index (κ2) is 12.4. The van der Waals surface area contributed by atoms with E-state index in [0.717, 1.165) is 62.5 Å². The van der Waals surface area contributed by atoms with Gasteiger partial charge in [0.15, 0.2) is 0 Å². The molecule has 1 atom stereocenters. The van der Waals surface area contributed by atoms with Crippen molar-refractivity contribution in [2.75, 3.05) is 35.6 Å². The summed E-state index contributed by atoms with van der Waals surface area (Å²) in [5, 5.41) is 16.0. The Morgan fingerprint density at radius 2 is 2.03 bits per heavy atom. The third-order valence-electron chi connectivity index (χ3n) is 4.99. The lowest BCUT2D eigenvalue weighted by molar-refractivity contribution is 0.571. The summed E-state index contributed by atoms with van der Waals surface area (Å²) in [4.78, 5) is 11.8. The first-order chi connectivity index (χ1) is 13.6. The van der Waals surface area contributed by atoms with Crippen LogP contribution in [0.5, 0.6) is 0 Å². The first kappa shape index (κ1) is 25.8. The topological polar surface area (TPSA) is 103 Å². The Kier molecular flexibility index (Phi) is 10.7. The van der Waals surface area contributed by atoms with Crippen molar-refractivity contribution in [3.05, 3.63) is 35.5 Å². The Balaban J connectivity index is 0.00000225. The third kappa shape index (κ3) is 6.63. The summed E-state index contributed by atoms with van der Waals surface area (Å²) < 4.78 is 0. The Labute approximate surface area is 191 Å². The molecule has 1 aromatic carbocycles. The van der Waals surface area contributed by atoms with Gasteiger partial charge in [-0.25, -0.2) is 4.98 Å². The number of nitrogens with zero attached hydrogens (tertiary/aromatic N) is 4. The Morgan fingerprint density at radius 1 is 1.23 bits per heavy atom. The van der Waals surface area contributed by atoms with Crippen LogP contribution in [0.15, 0.2) is 24.3 Å². The summed E-state index contributed by atoms with van der Waals surface area (Å²) in [6, 6.07) is 10.0. The van der Waals surface area contributed by atoms with E-state index < -0.39 is 0 Å². The Bertz CT molecular complexity index is 854. The average molecular weight is 452 g/mol. The smallest absolute Gasteiger partial charge is 0.229 e. The lowest BCUT2D eigenvalue weighted by Crippen LogP contribution is -2.32. The fourth-order valence-electron chi connectivity index (χ4n) is 3.47. The number of nitriles is 1. The average Bonchev–Trinajstić information content (AvgIpc) is 3.17. The van der Waals surface area contributed by atoms with Crippen LogP contribution in [0.3, 0.4) is 0 Å². The van der Waals surface area contributed by atoms with Crippen molar-refractivity contribution in [3.63, 3.8) is 0 Å². The molecule has 2 heterocycles. The van der Waals surface area contributed by atoms with Crippen molar-refractivity contribution >= 4 is 48.0 Å². The molecule has 4 N–H and O–H groups in total. The normalized spacial score (nSPS) is 15.1. The minimum Gasteiger partial charge on any atom is -0.398 e. The summed E-state index contributed by atoms with van der Waals surface area (Å²) in [7, 11) is 0. The van der Waals surface area contributed by atoms with Crippen molar-refractivity contribution in [1.29, 1.82) is 5.26 Å². The van der Waals surface area contributed by atoms with Crippen LogP contribution in [-0.2, 0) is 6.42 Å². The second-order valence-corrected chi connectivity index (χ2v) is 7.17. The lowest BCUT2D eigenvalue weighted by atomic mass is 10.2. The van der Waals surface area contributed by atoms with Crippen LogP contribution < -0.4 is 21.3 Å². The van der Waals surface area contributed by atoms with Gasteiger partial charge in [0.05, 0.1) is 5.56 Å². The SMILES string of the molecule is CCCCc1cc(N2CC[C@H](NCC)C2)nc(Nc2ccc(N)c(C#N)c2)n1.Cl.Cl. The van der Waals surface area contributed by atoms with Gasteiger partial charge in [-0.05, 0) is 44.0 Å². The number of hydrogen-bond donors (Lipinski definition) is 3. The summed E-state index contributed by atoms with van der Waals surface area (Å²) in [6.45, 7) is 7.25. The molecule has 0 saturated carbocycles. The molecule has 0 aliphatic carbocycles. The van der Waals surface area contributed by atoms with E-state index >= 15 is 0 Å². The molecule has 0 radical (unpaired) electrons. The zero-order valence-corrected chi connectivity index (χ0v) is 19.2. The van der Waals surface area contributed by atoms with Crippen molar-refractivity contribution in [2.24, 2.45) is 0 Å². The highest BCUT2D eigenvalue weighted by atomic mass is 35.5. The standard InChI is InChI=1S/C21H29N7.2ClH/c1-3-5-6-16-12-20(28-10-9-18(14-28)24-4-2)27-21(25-16)26-17-7-8-19(23)15(11-17)13-22;;/h7-8,11-12,18,24H,3-6,9-10,14,23H2,1-2H3,(H,25,26,27);2*1H/t18-;;/m0../s1. The van der Waals surface area contributed by atoms with Gasteiger partial charge in [0, 0.05) is 42.3 Å². The van der Waals surface area contributed by atoms with Crippen LogP contribution in [0.2, 0.25) is 0 Å². The minimum atomic E-state index is 0. The number of aromatic nitrogens is 2. The highest BCUT2D eigenvalue weighted by Crippen LogP contribution is 2.24. The summed E-state index contributed by atoms with van der Waals surface area (Å²) in [6.07, 6.45) is 4.26. The number of unbranched alkanes of at least 4 members (excludes halogenated alkanes) is 1. The van der Waals surface area contributed by atoms with Gasteiger partial charge in [-0.2, -0.15) is 10.2 Å². The Hall–Kier alpha value is -2.27. The molecule has 1 saturated heterocycles. The number of nitrogens with two attached hydrogens (primary N) is 1. The van der Waals surface area contributed by atoms with E-state index in [1.807, 2.05) is 6.07 Å². The number of rotatable bonds is 8. The Morgan fingerprint density at radius 3 is 2.73 bits per heavy atom. The van der Waals surface area contributed by atoms with Crippen LogP contribution in [0.25, 0.3) is 0 Å². The summed E-state index contributed by atoms with van der Waals surface area (Å²) >= 11 is 0. The molecule has 7 nitrogen and oxygen atoms in total. The fraction of sp³-hybridized carbons (Fsp3) is 0.476. The van der Waals surface area contributed by atoms with E-state index in [9.17, 15) is 5.26 Å². The molecular weight excluding hydrogens is 421 g/mol. The van der Waals surface area contributed by atoms with E-state index in [4.69, 9.17) is 15.7 Å². The van der Waals surface area contributed by atoms with Gasteiger partial charge < -0.3 is 21.3 Å². The molecule has 1 aliphatic heterocycles. The van der Waals surface area contributed by atoms with E-state index in [2.05, 4.69) is 41.5 Å². The molecule has 0 spiro atoms. The van der Waals surface area contributed by atoms with Gasteiger partial charge in [-0.15, -0.1) is 24.8 Å². The number of nitrogens with one attached hydrogen (secondary N) is 2. The maximum atomic E-state index is 9.20. The third-order valence-corrected chi connectivity index (χ3v) is 4.99. The number of halogens is 2. The quantitative estimate of drug-likeness (QED) is 0.519. The maximum absolute atomic E-state index is 9.20. The lowest BCUT2D eigenvalue weighted by Gasteiger charge is -2.19. The van der Waals surface area contributed by atoms with Gasteiger partial charge in [0.25, 0.3) is 0 Å².